The number of rotatable bonds is 5. The first kappa shape index (κ1) is 13.9. The Balaban J connectivity index is 1.56. The molecule has 0 unspecified atom stereocenters. The quantitative estimate of drug-likeness (QED) is 0.781. The zero-order valence-corrected chi connectivity index (χ0v) is 12.8. The van der Waals surface area contributed by atoms with Crippen molar-refractivity contribution in [1.82, 2.24) is 10.1 Å². The van der Waals surface area contributed by atoms with Gasteiger partial charge in [-0.15, -0.1) is 23.2 Å². The molecule has 1 atom stereocenters. The van der Waals surface area contributed by atoms with Crippen molar-refractivity contribution in [2.75, 3.05) is 0 Å². The van der Waals surface area contributed by atoms with Crippen LogP contribution in [0.4, 0.5) is 0 Å². The summed E-state index contributed by atoms with van der Waals surface area (Å²) in [5, 5.41) is 4.02. The number of aromatic nitrogens is 2. The number of hydrogen-bond donors (Lipinski definition) is 0. The Morgan fingerprint density at radius 1 is 1.20 bits per heavy atom. The van der Waals surface area contributed by atoms with Gasteiger partial charge in [0.1, 0.15) is 4.33 Å². The molecule has 1 aromatic carbocycles. The minimum atomic E-state index is -0.763. The van der Waals surface area contributed by atoms with Gasteiger partial charge in [-0.3, -0.25) is 0 Å². The number of nitrogens with zero attached hydrogens (tertiary/aromatic N) is 2. The highest BCUT2D eigenvalue weighted by atomic mass is 35.5. The van der Waals surface area contributed by atoms with Crippen LogP contribution >= 0.6 is 23.2 Å². The Morgan fingerprint density at radius 2 is 1.90 bits per heavy atom. The van der Waals surface area contributed by atoms with Gasteiger partial charge in [-0.2, -0.15) is 4.98 Å². The van der Waals surface area contributed by atoms with Crippen molar-refractivity contribution in [1.29, 1.82) is 0 Å². The molecule has 1 aliphatic rings. The van der Waals surface area contributed by atoms with E-state index in [-0.39, 0.29) is 5.41 Å². The van der Waals surface area contributed by atoms with E-state index in [0.717, 1.165) is 25.1 Å². The van der Waals surface area contributed by atoms with Crippen LogP contribution in [0.1, 0.15) is 37.0 Å². The van der Waals surface area contributed by atoms with Crippen LogP contribution in [-0.2, 0) is 18.3 Å². The minimum Gasteiger partial charge on any atom is -0.339 e. The summed E-state index contributed by atoms with van der Waals surface area (Å²) < 4.78 is 4.54. The van der Waals surface area contributed by atoms with Crippen LogP contribution in [-0.4, -0.2) is 14.5 Å². The van der Waals surface area contributed by atoms with E-state index < -0.39 is 4.33 Å². The first-order chi connectivity index (χ1) is 9.51. The van der Waals surface area contributed by atoms with Crippen molar-refractivity contribution in [3.05, 3.63) is 47.6 Å². The molecule has 0 aliphatic heterocycles. The molecule has 3 rings (SSSR count). The molecule has 0 amide bonds. The van der Waals surface area contributed by atoms with Gasteiger partial charge >= 0.3 is 0 Å². The van der Waals surface area contributed by atoms with E-state index >= 15 is 0 Å². The molecule has 1 fully saturated rings. The second-order valence-electron chi connectivity index (χ2n) is 5.57. The van der Waals surface area contributed by atoms with E-state index in [1.807, 2.05) is 13.0 Å². The average Bonchev–Trinajstić information content (AvgIpc) is 2.80. The molecule has 0 spiro atoms. The van der Waals surface area contributed by atoms with Crippen LogP contribution in [0.2, 0.25) is 0 Å². The van der Waals surface area contributed by atoms with Crippen molar-refractivity contribution in [3.8, 4) is 0 Å². The molecule has 20 heavy (non-hydrogen) atoms. The fourth-order valence-electron chi connectivity index (χ4n) is 2.31. The minimum absolute atomic E-state index is 0.388. The maximum absolute atomic E-state index is 6.11. The van der Waals surface area contributed by atoms with Gasteiger partial charge in [0.2, 0.25) is 5.89 Å². The third-order valence-corrected chi connectivity index (χ3v) is 5.01. The average molecular weight is 311 g/mol. The molecule has 5 heteroatoms. The lowest BCUT2D eigenvalue weighted by Crippen LogP contribution is -2.10. The molecule has 1 aliphatic carbocycles. The second kappa shape index (κ2) is 5.05. The van der Waals surface area contributed by atoms with Gasteiger partial charge < -0.3 is 4.52 Å². The summed E-state index contributed by atoms with van der Waals surface area (Å²) in [7, 11) is 0. The molecule has 0 N–H and O–H groups in total. The largest absolute Gasteiger partial charge is 0.339 e. The molecular formula is C15H16Cl2N2O. The van der Waals surface area contributed by atoms with E-state index in [2.05, 4.69) is 34.4 Å². The summed E-state index contributed by atoms with van der Waals surface area (Å²) >= 11 is 12.2. The Labute approximate surface area is 128 Å². The normalized spacial score (nSPS) is 23.8. The first-order valence-electron chi connectivity index (χ1n) is 6.76. The van der Waals surface area contributed by atoms with Crippen molar-refractivity contribution in [2.45, 2.75) is 42.4 Å². The Kier molecular flexibility index (Phi) is 3.51. The highest BCUT2D eigenvalue weighted by molar-refractivity contribution is 6.52. The predicted molar refractivity (Wildman–Crippen MR) is 79.2 cm³/mol. The monoisotopic (exact) mass is 310 g/mol. The van der Waals surface area contributed by atoms with Gasteiger partial charge in [-0.25, -0.2) is 0 Å². The molecule has 1 aromatic heterocycles. The third-order valence-electron chi connectivity index (χ3n) is 3.91. The maximum atomic E-state index is 6.11. The Bertz CT molecular complexity index is 597. The molecule has 0 bridgehead atoms. The second-order valence-corrected chi connectivity index (χ2v) is 7.05. The zero-order valence-electron chi connectivity index (χ0n) is 11.3. The van der Waals surface area contributed by atoms with Crippen LogP contribution in [0.15, 0.2) is 34.9 Å². The van der Waals surface area contributed by atoms with E-state index in [1.54, 1.807) is 0 Å². The molecule has 1 saturated carbocycles. The standard InChI is InChI=1S/C15H16Cl2N2O/c1-14(10-15(14,16)17)13-18-12(19-20-13)9-5-8-11-6-3-2-4-7-11/h2-4,6-7H,5,8-10H2,1H3/t14-/m1/s1. The first-order valence-corrected chi connectivity index (χ1v) is 7.52. The van der Waals surface area contributed by atoms with E-state index in [4.69, 9.17) is 27.7 Å². The molecule has 0 saturated heterocycles. The lowest BCUT2D eigenvalue weighted by atomic mass is 10.1. The van der Waals surface area contributed by atoms with Crippen LogP contribution in [0.5, 0.6) is 0 Å². The molecular weight excluding hydrogens is 295 g/mol. The predicted octanol–water partition coefficient (Wildman–Crippen LogP) is 4.08. The number of hydrogen-bond acceptors (Lipinski definition) is 3. The van der Waals surface area contributed by atoms with Crippen LogP contribution in [0.25, 0.3) is 0 Å². The number of aryl methyl sites for hydroxylation is 2. The van der Waals surface area contributed by atoms with E-state index in [1.165, 1.54) is 5.56 Å². The van der Waals surface area contributed by atoms with Gasteiger partial charge in [0.05, 0.1) is 5.41 Å². The van der Waals surface area contributed by atoms with Crippen LogP contribution < -0.4 is 0 Å². The summed E-state index contributed by atoms with van der Waals surface area (Å²) in [6, 6.07) is 10.4. The van der Waals surface area contributed by atoms with Crippen LogP contribution in [0.3, 0.4) is 0 Å². The van der Waals surface area contributed by atoms with Gasteiger partial charge in [-0.05, 0) is 31.7 Å². The smallest absolute Gasteiger partial charge is 0.235 e. The van der Waals surface area contributed by atoms with E-state index in [0.29, 0.717) is 12.3 Å². The van der Waals surface area contributed by atoms with E-state index in [9.17, 15) is 0 Å². The van der Waals surface area contributed by atoms with Gasteiger partial charge in [0.15, 0.2) is 5.82 Å². The topological polar surface area (TPSA) is 38.9 Å². The van der Waals surface area contributed by atoms with Crippen molar-refractivity contribution in [3.63, 3.8) is 0 Å². The summed E-state index contributed by atoms with van der Waals surface area (Å²) in [6.07, 6.45) is 3.46. The number of alkyl halides is 2. The summed E-state index contributed by atoms with van der Waals surface area (Å²) in [5.74, 6) is 1.28. The van der Waals surface area contributed by atoms with Crippen molar-refractivity contribution in [2.24, 2.45) is 0 Å². The summed E-state index contributed by atoms with van der Waals surface area (Å²) in [4.78, 5) is 4.42. The molecule has 0 radical (unpaired) electrons. The van der Waals surface area contributed by atoms with Crippen molar-refractivity contribution >= 4 is 23.2 Å². The number of benzene rings is 1. The van der Waals surface area contributed by atoms with Gasteiger partial charge in [-0.1, -0.05) is 35.5 Å². The molecule has 2 aromatic rings. The van der Waals surface area contributed by atoms with Gasteiger partial charge in [0, 0.05) is 6.42 Å². The summed E-state index contributed by atoms with van der Waals surface area (Å²) in [6.45, 7) is 1.95. The fourth-order valence-corrected chi connectivity index (χ4v) is 3.00. The van der Waals surface area contributed by atoms with Crippen LogP contribution in [0, 0.1) is 0 Å². The molecule has 106 valence electrons. The lowest BCUT2D eigenvalue weighted by Gasteiger charge is -2.04. The highest BCUT2D eigenvalue weighted by Gasteiger charge is 2.67. The Hall–Kier alpha value is -1.06. The molecule has 3 nitrogen and oxygen atoms in total. The van der Waals surface area contributed by atoms with Crippen molar-refractivity contribution < 1.29 is 4.52 Å². The fraction of sp³-hybridized carbons (Fsp3) is 0.467. The Morgan fingerprint density at radius 3 is 2.55 bits per heavy atom. The summed E-state index contributed by atoms with van der Waals surface area (Å²) in [5.41, 5.74) is 0.937. The lowest BCUT2D eigenvalue weighted by molar-refractivity contribution is 0.347. The maximum Gasteiger partial charge on any atom is 0.235 e. The highest BCUT2D eigenvalue weighted by Crippen LogP contribution is 2.64. The van der Waals surface area contributed by atoms with Gasteiger partial charge in [0.25, 0.3) is 0 Å². The SMILES string of the molecule is C[C@]1(c2nc(CCCc3ccccc3)no2)CC1(Cl)Cl. The molecule has 1 heterocycles. The number of halogens is 2. The zero-order chi connectivity index (χ0) is 14.2. The third kappa shape index (κ3) is 2.57.